The van der Waals surface area contributed by atoms with Crippen LogP contribution in [0.1, 0.15) is 0 Å². The molecule has 0 rings (SSSR count). The van der Waals surface area contributed by atoms with Crippen LogP contribution in [0.3, 0.4) is 0 Å². The van der Waals surface area contributed by atoms with Crippen molar-refractivity contribution in [1.29, 1.82) is 0 Å². The lowest BCUT2D eigenvalue weighted by atomic mass is 11.1. The van der Waals surface area contributed by atoms with Crippen LogP contribution in [-0.2, 0) is 0 Å². The third kappa shape index (κ3) is 4.25. The molecule has 0 amide bonds. The van der Waals surface area contributed by atoms with Crippen LogP contribution in [-0.4, -0.2) is 39.1 Å². The molecular formula is C4H6N2Si3. The average molecular weight is 166 g/mol. The van der Waals surface area contributed by atoms with Gasteiger partial charge in [-0.1, -0.05) is 13.2 Å². The van der Waals surface area contributed by atoms with Crippen LogP contribution >= 0.6 is 0 Å². The van der Waals surface area contributed by atoms with E-state index in [9.17, 15) is 0 Å². The van der Waals surface area contributed by atoms with Gasteiger partial charge in [-0.15, -0.1) is 0 Å². The number of hydrogen-bond donors (Lipinski definition) is 0. The van der Waals surface area contributed by atoms with Gasteiger partial charge in [0.2, 0.25) is 0 Å². The van der Waals surface area contributed by atoms with Gasteiger partial charge in [0.15, 0.2) is 20.8 Å². The minimum absolute atomic E-state index is 0.438. The van der Waals surface area contributed by atoms with Crippen LogP contribution in [0.4, 0.5) is 0 Å². The van der Waals surface area contributed by atoms with Gasteiger partial charge >= 0.3 is 9.84 Å². The molecule has 0 spiro atoms. The van der Waals surface area contributed by atoms with Crippen molar-refractivity contribution in [3.05, 3.63) is 25.6 Å². The molecule has 5 heteroatoms. The Hall–Kier alpha value is -0.269. The van der Waals surface area contributed by atoms with Crippen molar-refractivity contribution >= 4 is 30.7 Å². The van der Waals surface area contributed by atoms with Gasteiger partial charge in [-0.25, -0.2) is 0 Å². The van der Waals surface area contributed by atoms with E-state index < -0.39 is 0 Å². The summed E-state index contributed by atoms with van der Waals surface area (Å²) in [6.45, 7) is 7.10. The Balaban J connectivity index is 3.45. The second-order valence-electron chi connectivity index (χ2n) is 1.21. The van der Waals surface area contributed by atoms with Crippen LogP contribution in [0.15, 0.2) is 25.6 Å². The number of nitrogens with zero attached hydrogens (tertiary/aromatic N) is 2. The fourth-order valence-electron chi connectivity index (χ4n) is 0.198. The summed E-state index contributed by atoms with van der Waals surface area (Å²) in [7, 11) is 6.98. The fourth-order valence-corrected chi connectivity index (χ4v) is 1.54. The minimum atomic E-state index is 0.438. The highest BCUT2D eigenvalue weighted by Gasteiger charge is 1.95. The SMILES string of the molecule is C=CN([Si])[Si]N([Si])C=C. The van der Waals surface area contributed by atoms with Gasteiger partial charge in [-0.05, 0) is 12.4 Å². The second-order valence-corrected chi connectivity index (χ2v) is 4.23. The fraction of sp³-hybridized carbons (Fsp3) is 0. The molecule has 44 valence electrons. The van der Waals surface area contributed by atoms with Crippen LogP contribution in [0, 0.1) is 0 Å². The maximum atomic E-state index is 3.55. The lowest BCUT2D eigenvalue weighted by molar-refractivity contribution is 0.830. The van der Waals surface area contributed by atoms with E-state index in [1.54, 1.807) is 20.9 Å². The monoisotopic (exact) mass is 166 g/mol. The zero-order valence-corrected chi connectivity index (χ0v) is 7.96. The van der Waals surface area contributed by atoms with E-state index in [4.69, 9.17) is 0 Å². The summed E-state index contributed by atoms with van der Waals surface area (Å²) in [6.07, 6.45) is 3.35. The Morgan fingerprint density at radius 2 is 1.44 bits per heavy atom. The van der Waals surface area contributed by atoms with Gasteiger partial charge in [0.05, 0.1) is 0 Å². The third-order valence-electron chi connectivity index (χ3n) is 0.581. The molecule has 0 bridgehead atoms. The normalized spacial score (nSPS) is 8.22. The molecule has 0 aromatic rings. The van der Waals surface area contributed by atoms with Crippen LogP contribution in [0.25, 0.3) is 0 Å². The summed E-state index contributed by atoms with van der Waals surface area (Å²) < 4.78 is 3.52. The van der Waals surface area contributed by atoms with Gasteiger partial charge < -0.3 is 8.46 Å². The van der Waals surface area contributed by atoms with Crippen molar-refractivity contribution in [2.75, 3.05) is 0 Å². The van der Waals surface area contributed by atoms with Gasteiger partial charge in [0, 0.05) is 0 Å². The molecule has 0 N–H and O–H groups in total. The van der Waals surface area contributed by atoms with Crippen LogP contribution in [0.2, 0.25) is 0 Å². The zero-order valence-electron chi connectivity index (χ0n) is 4.96. The van der Waals surface area contributed by atoms with Gasteiger partial charge in [0.1, 0.15) is 0 Å². The van der Waals surface area contributed by atoms with Gasteiger partial charge in [-0.2, -0.15) is 0 Å². The lowest BCUT2D eigenvalue weighted by Crippen LogP contribution is -2.31. The van der Waals surface area contributed by atoms with Gasteiger partial charge in [-0.3, -0.25) is 0 Å². The van der Waals surface area contributed by atoms with E-state index >= 15 is 0 Å². The Morgan fingerprint density at radius 3 is 1.67 bits per heavy atom. The van der Waals surface area contributed by atoms with Crippen molar-refractivity contribution < 1.29 is 0 Å². The molecule has 0 atom stereocenters. The average Bonchev–Trinajstić information content (AvgIpc) is 1.87. The molecule has 0 heterocycles. The summed E-state index contributed by atoms with van der Waals surface area (Å²) in [6, 6.07) is 0. The van der Waals surface area contributed by atoms with E-state index in [1.165, 1.54) is 0 Å². The largest absolute Gasteiger partial charge is 0.417 e. The maximum absolute atomic E-state index is 3.55. The quantitative estimate of drug-likeness (QED) is 0.523. The first-order valence-electron chi connectivity index (χ1n) is 2.23. The zero-order chi connectivity index (χ0) is 7.28. The first kappa shape index (κ1) is 8.73. The summed E-state index contributed by atoms with van der Waals surface area (Å²) >= 11 is 0. The van der Waals surface area contributed by atoms with Crippen LogP contribution in [0.5, 0.6) is 0 Å². The minimum Gasteiger partial charge on any atom is -0.417 e. The Kier molecular flexibility index (Phi) is 4.46. The Labute approximate surface area is 65.2 Å². The molecule has 0 aliphatic carbocycles. The van der Waals surface area contributed by atoms with Crippen molar-refractivity contribution in [3.8, 4) is 0 Å². The number of hydrogen-bond acceptors (Lipinski definition) is 2. The molecule has 0 aromatic carbocycles. The molecule has 9 heavy (non-hydrogen) atoms. The smallest absolute Gasteiger partial charge is 0.312 e. The van der Waals surface area contributed by atoms with E-state index in [-0.39, 0.29) is 0 Å². The summed E-state index contributed by atoms with van der Waals surface area (Å²) in [5, 5.41) is 0. The highest BCUT2D eigenvalue weighted by atomic mass is 28.3. The predicted octanol–water partition coefficient (Wildman–Crippen LogP) is -0.421. The highest BCUT2D eigenvalue weighted by molar-refractivity contribution is 6.46. The van der Waals surface area contributed by atoms with Gasteiger partial charge in [0.25, 0.3) is 0 Å². The Bertz CT molecular complexity index is 94.0. The molecule has 0 aliphatic heterocycles. The molecule has 0 saturated carbocycles. The molecule has 2 nitrogen and oxygen atoms in total. The van der Waals surface area contributed by atoms with E-state index in [1.807, 2.05) is 0 Å². The molecule has 8 radical (unpaired) electrons. The molecular weight excluding hydrogens is 160 g/mol. The van der Waals surface area contributed by atoms with Crippen molar-refractivity contribution in [2.45, 2.75) is 0 Å². The first-order chi connectivity index (χ1) is 4.20. The van der Waals surface area contributed by atoms with E-state index in [0.29, 0.717) is 9.84 Å². The Morgan fingerprint density at radius 1 is 1.11 bits per heavy atom. The number of rotatable bonds is 4. The standard InChI is InChI=1S/C4H6N2Si3/c1-3-5(7)9-6(8)4-2/h3-4H,1-2H2. The van der Waals surface area contributed by atoms with Crippen molar-refractivity contribution in [1.82, 2.24) is 8.46 Å². The molecule has 0 aromatic heterocycles. The third-order valence-corrected chi connectivity index (χ3v) is 2.34. The molecule has 0 saturated heterocycles. The van der Waals surface area contributed by atoms with E-state index in [2.05, 4.69) is 34.0 Å². The second kappa shape index (κ2) is 4.59. The predicted molar refractivity (Wildman–Crippen MR) is 41.3 cm³/mol. The summed E-state index contributed by atoms with van der Waals surface area (Å²) in [4.78, 5) is 0. The molecule has 0 aliphatic rings. The van der Waals surface area contributed by atoms with Crippen molar-refractivity contribution in [2.24, 2.45) is 0 Å². The van der Waals surface area contributed by atoms with E-state index in [0.717, 1.165) is 0 Å². The maximum Gasteiger partial charge on any atom is 0.312 e. The molecule has 0 fully saturated rings. The van der Waals surface area contributed by atoms with Crippen molar-refractivity contribution in [3.63, 3.8) is 0 Å². The first-order valence-corrected chi connectivity index (χ1v) is 4.02. The topological polar surface area (TPSA) is 6.48 Å². The van der Waals surface area contributed by atoms with Crippen LogP contribution < -0.4 is 0 Å². The lowest BCUT2D eigenvalue weighted by Gasteiger charge is -2.17. The summed E-state index contributed by atoms with van der Waals surface area (Å²) in [5.41, 5.74) is 0. The summed E-state index contributed by atoms with van der Waals surface area (Å²) in [5.74, 6) is 0. The highest BCUT2D eigenvalue weighted by Crippen LogP contribution is 1.81. The molecule has 0 unspecified atom stereocenters.